The molecule has 1 atom stereocenters. The van der Waals surface area contributed by atoms with Crippen LogP contribution >= 0.6 is 0 Å². The average molecular weight is 361 g/mol. The van der Waals surface area contributed by atoms with Gasteiger partial charge in [0.05, 0.1) is 17.7 Å². The van der Waals surface area contributed by atoms with Gasteiger partial charge in [0.2, 0.25) is 0 Å². The van der Waals surface area contributed by atoms with E-state index >= 15 is 0 Å². The van der Waals surface area contributed by atoms with E-state index in [1.54, 1.807) is 19.1 Å². The number of rotatable bonds is 7. The minimum atomic E-state index is -1.08. The predicted octanol–water partition coefficient (Wildman–Crippen LogP) is 3.43. The topological polar surface area (TPSA) is 85.6 Å². The lowest BCUT2D eigenvalue weighted by Crippen LogP contribution is -2.30. The smallest absolute Gasteiger partial charge is 0.307 e. The summed E-state index contributed by atoms with van der Waals surface area (Å²) in [6.07, 6.45) is -0.843. The second-order valence-electron chi connectivity index (χ2n) is 5.84. The molecule has 1 amide bonds. The van der Waals surface area contributed by atoms with E-state index in [2.05, 4.69) is 5.32 Å². The number of hydrogen-bond donors (Lipinski definition) is 1. The number of aryl methyl sites for hydroxylation is 2. The van der Waals surface area contributed by atoms with Crippen LogP contribution in [0.5, 0.6) is 0 Å². The van der Waals surface area contributed by atoms with Crippen molar-refractivity contribution in [2.45, 2.75) is 39.7 Å². The predicted molar refractivity (Wildman–Crippen MR) is 92.4 cm³/mol. The van der Waals surface area contributed by atoms with Crippen molar-refractivity contribution >= 4 is 23.3 Å². The van der Waals surface area contributed by atoms with Gasteiger partial charge in [0.1, 0.15) is 17.3 Å². The summed E-state index contributed by atoms with van der Waals surface area (Å²) < 4.78 is 24.0. The third kappa shape index (κ3) is 5.02. The minimum Gasteiger partial charge on any atom is -0.466 e. The van der Waals surface area contributed by atoms with Gasteiger partial charge >= 0.3 is 5.97 Å². The van der Waals surface area contributed by atoms with Crippen LogP contribution in [0.4, 0.5) is 10.1 Å². The van der Waals surface area contributed by atoms with Crippen LogP contribution < -0.4 is 5.32 Å². The molecule has 1 N–H and O–H groups in total. The lowest BCUT2D eigenvalue weighted by molar-refractivity contribution is -0.153. The van der Waals surface area contributed by atoms with Crippen molar-refractivity contribution < 1.29 is 27.9 Å². The molecule has 26 heavy (non-hydrogen) atoms. The number of ether oxygens (including phenoxy) is 1. The third-order valence-corrected chi connectivity index (χ3v) is 3.73. The first-order chi connectivity index (χ1) is 12.3. The van der Waals surface area contributed by atoms with Crippen molar-refractivity contribution in [3.8, 4) is 0 Å². The second kappa shape index (κ2) is 8.42. The molecular formula is C19H20FNO5. The van der Waals surface area contributed by atoms with Crippen molar-refractivity contribution in [2.24, 2.45) is 0 Å². The molecule has 1 aromatic heterocycles. The van der Waals surface area contributed by atoms with E-state index in [1.165, 1.54) is 32.0 Å². The van der Waals surface area contributed by atoms with E-state index in [0.29, 0.717) is 17.1 Å². The zero-order valence-electron chi connectivity index (χ0n) is 14.8. The number of halogens is 1. The molecule has 0 bridgehead atoms. The van der Waals surface area contributed by atoms with Crippen LogP contribution in [0.25, 0.3) is 0 Å². The third-order valence-electron chi connectivity index (χ3n) is 3.73. The Morgan fingerprint density at radius 2 is 1.96 bits per heavy atom. The first kappa shape index (κ1) is 19.4. The molecule has 2 aromatic rings. The Kier molecular flexibility index (Phi) is 6.27. The molecular weight excluding hydrogens is 341 g/mol. The summed E-state index contributed by atoms with van der Waals surface area (Å²) >= 11 is 0. The van der Waals surface area contributed by atoms with Gasteiger partial charge in [-0.2, -0.15) is 0 Å². The van der Waals surface area contributed by atoms with E-state index in [0.717, 1.165) is 0 Å². The Labute approximate surface area is 150 Å². The van der Waals surface area contributed by atoms with E-state index < -0.39 is 23.8 Å². The van der Waals surface area contributed by atoms with E-state index in [1.807, 2.05) is 0 Å². The van der Waals surface area contributed by atoms with Crippen LogP contribution in [0.2, 0.25) is 0 Å². The van der Waals surface area contributed by atoms with Gasteiger partial charge in [0.25, 0.3) is 5.91 Å². The summed E-state index contributed by atoms with van der Waals surface area (Å²) in [6, 6.07) is 7.30. The van der Waals surface area contributed by atoms with Crippen LogP contribution in [0, 0.1) is 12.7 Å². The molecule has 0 radical (unpaired) electrons. The van der Waals surface area contributed by atoms with E-state index in [9.17, 15) is 18.8 Å². The lowest BCUT2D eigenvalue weighted by atomic mass is 10.1. The van der Waals surface area contributed by atoms with Gasteiger partial charge in [-0.15, -0.1) is 0 Å². The number of amides is 1. The van der Waals surface area contributed by atoms with Crippen LogP contribution in [-0.4, -0.2) is 23.8 Å². The van der Waals surface area contributed by atoms with Gasteiger partial charge in [-0.1, -0.05) is 12.1 Å². The number of para-hydroxylation sites is 1. The summed E-state index contributed by atoms with van der Waals surface area (Å²) in [4.78, 5) is 35.3. The fourth-order valence-electron chi connectivity index (χ4n) is 2.35. The lowest BCUT2D eigenvalue weighted by Gasteiger charge is -2.13. The number of benzene rings is 1. The molecule has 0 spiro atoms. The summed E-state index contributed by atoms with van der Waals surface area (Å²) in [5.74, 6) is -0.922. The molecule has 1 heterocycles. The average Bonchev–Trinajstić information content (AvgIpc) is 2.96. The standard InChI is InChI=1S/C19H20FNO5/c1-11(22)15-10-14(25-12(15)2)8-9-18(23)26-13(3)19(24)21-17-7-5-4-6-16(17)20/h4-7,10,13H,8-9H2,1-3H3,(H,21,24)/t13-/m1/s1. The molecule has 0 saturated carbocycles. The second-order valence-corrected chi connectivity index (χ2v) is 5.84. The molecule has 0 aliphatic rings. The number of Topliss-reactive ketones (excluding diaryl/α,β-unsaturated/α-hetero) is 1. The summed E-state index contributed by atoms with van der Waals surface area (Å²) in [7, 11) is 0. The van der Waals surface area contributed by atoms with Crippen molar-refractivity contribution in [1.29, 1.82) is 0 Å². The highest BCUT2D eigenvalue weighted by Crippen LogP contribution is 2.17. The van der Waals surface area contributed by atoms with Gasteiger partial charge in [0.15, 0.2) is 11.9 Å². The molecule has 0 saturated heterocycles. The van der Waals surface area contributed by atoms with Crippen LogP contribution in [0.1, 0.15) is 42.1 Å². The molecule has 0 unspecified atom stereocenters. The van der Waals surface area contributed by atoms with Gasteiger partial charge in [-0.05, 0) is 39.0 Å². The number of nitrogens with one attached hydrogen (secondary N) is 1. The molecule has 1 aromatic carbocycles. The van der Waals surface area contributed by atoms with E-state index in [4.69, 9.17) is 9.15 Å². The van der Waals surface area contributed by atoms with Crippen LogP contribution in [-0.2, 0) is 20.7 Å². The first-order valence-corrected chi connectivity index (χ1v) is 8.13. The van der Waals surface area contributed by atoms with Gasteiger partial charge in [-0.25, -0.2) is 4.39 Å². The normalized spacial score (nSPS) is 11.7. The minimum absolute atomic E-state index is 0.0123. The number of carbonyl (C=O) groups excluding carboxylic acids is 3. The molecule has 0 aliphatic carbocycles. The van der Waals surface area contributed by atoms with Crippen molar-refractivity contribution in [3.63, 3.8) is 0 Å². The van der Waals surface area contributed by atoms with Gasteiger partial charge < -0.3 is 14.5 Å². The highest BCUT2D eigenvalue weighted by atomic mass is 19.1. The Balaban J connectivity index is 1.85. The monoisotopic (exact) mass is 361 g/mol. The molecule has 0 aliphatic heterocycles. The molecule has 7 heteroatoms. The number of furan rings is 1. The van der Waals surface area contributed by atoms with Crippen molar-refractivity contribution in [3.05, 3.63) is 53.2 Å². The number of carbonyl (C=O) groups is 3. The summed E-state index contributed by atoms with van der Waals surface area (Å²) in [5.41, 5.74) is 0.495. The molecule has 138 valence electrons. The fourth-order valence-corrected chi connectivity index (χ4v) is 2.35. The van der Waals surface area contributed by atoms with E-state index in [-0.39, 0.29) is 24.3 Å². The Morgan fingerprint density at radius 3 is 2.58 bits per heavy atom. The van der Waals surface area contributed by atoms with Gasteiger partial charge in [0, 0.05) is 6.42 Å². The van der Waals surface area contributed by atoms with Gasteiger partial charge in [-0.3, -0.25) is 14.4 Å². The number of esters is 1. The number of ketones is 1. The SMILES string of the molecule is CC(=O)c1cc(CCC(=O)O[C@H](C)C(=O)Nc2ccccc2F)oc1C. The largest absolute Gasteiger partial charge is 0.466 e. The maximum absolute atomic E-state index is 13.5. The quantitative estimate of drug-likeness (QED) is 0.603. The highest BCUT2D eigenvalue weighted by Gasteiger charge is 2.19. The molecule has 0 fully saturated rings. The molecule has 2 rings (SSSR count). The zero-order chi connectivity index (χ0) is 19.3. The van der Waals surface area contributed by atoms with Crippen LogP contribution in [0.3, 0.4) is 0 Å². The van der Waals surface area contributed by atoms with Crippen LogP contribution in [0.15, 0.2) is 34.7 Å². The zero-order valence-corrected chi connectivity index (χ0v) is 14.8. The maximum Gasteiger partial charge on any atom is 0.307 e. The fraction of sp³-hybridized carbons (Fsp3) is 0.316. The highest BCUT2D eigenvalue weighted by molar-refractivity contribution is 5.95. The summed E-state index contributed by atoms with van der Waals surface area (Å²) in [6.45, 7) is 4.51. The van der Waals surface area contributed by atoms with Crippen molar-refractivity contribution in [2.75, 3.05) is 5.32 Å². The number of hydrogen-bond acceptors (Lipinski definition) is 5. The summed E-state index contributed by atoms with van der Waals surface area (Å²) in [5, 5.41) is 2.37. The Hall–Kier alpha value is -2.96. The molecule has 6 nitrogen and oxygen atoms in total. The Morgan fingerprint density at radius 1 is 1.27 bits per heavy atom. The first-order valence-electron chi connectivity index (χ1n) is 8.13. The Bertz CT molecular complexity index is 827. The van der Waals surface area contributed by atoms with Crippen molar-refractivity contribution in [1.82, 2.24) is 0 Å². The number of anilines is 1. The maximum atomic E-state index is 13.5.